The minimum absolute atomic E-state index is 0.00604. The van der Waals surface area contributed by atoms with E-state index in [-0.39, 0.29) is 22.5 Å². The largest absolute Gasteiger partial charge is 0.435 e. The van der Waals surface area contributed by atoms with E-state index in [0.717, 1.165) is 10.1 Å². The van der Waals surface area contributed by atoms with Crippen LogP contribution in [0.25, 0.3) is 11.0 Å². The van der Waals surface area contributed by atoms with Gasteiger partial charge in [0.05, 0.1) is 5.39 Å². The molecule has 0 aliphatic heterocycles. The number of halogens is 2. The van der Waals surface area contributed by atoms with Gasteiger partial charge in [-0.15, -0.1) is 0 Å². The van der Waals surface area contributed by atoms with E-state index in [2.05, 4.69) is 15.0 Å². The molecule has 174 valence electrons. The lowest BCUT2D eigenvalue weighted by Gasteiger charge is -2.14. The quantitative estimate of drug-likeness (QED) is 0.471. The Labute approximate surface area is 192 Å². The van der Waals surface area contributed by atoms with E-state index >= 15 is 0 Å². The zero-order valence-electron chi connectivity index (χ0n) is 18.3. The average Bonchev–Trinajstić information content (AvgIpc) is 2.83. The lowest BCUT2D eigenvalue weighted by atomic mass is 10.0. The van der Waals surface area contributed by atoms with Gasteiger partial charge in [-0.2, -0.15) is 8.78 Å². The van der Waals surface area contributed by atoms with Gasteiger partial charge in [0.25, 0.3) is 11.5 Å². The Kier molecular flexibility index (Phi) is 6.22. The third-order valence-electron chi connectivity index (χ3n) is 5.31. The molecule has 0 aliphatic rings. The van der Waals surface area contributed by atoms with Crippen LogP contribution in [0.2, 0.25) is 0 Å². The molecule has 0 saturated heterocycles. The second kappa shape index (κ2) is 9.26. The van der Waals surface area contributed by atoms with Gasteiger partial charge >= 0.3 is 12.3 Å². The molecule has 0 saturated carbocycles. The second-order valence-electron chi connectivity index (χ2n) is 7.59. The lowest BCUT2D eigenvalue weighted by Crippen LogP contribution is -2.37. The number of rotatable bonds is 6. The predicted molar refractivity (Wildman–Crippen MR) is 123 cm³/mol. The number of hydrogen-bond donors (Lipinski definition) is 1. The van der Waals surface area contributed by atoms with Crippen LogP contribution in [0.3, 0.4) is 0 Å². The van der Waals surface area contributed by atoms with Crippen LogP contribution < -0.4 is 21.3 Å². The summed E-state index contributed by atoms with van der Waals surface area (Å²) in [5.74, 6) is -0.588. The smallest absolute Gasteiger partial charge is 0.387 e. The molecule has 0 spiro atoms. The van der Waals surface area contributed by atoms with Gasteiger partial charge in [-0.3, -0.25) is 18.7 Å². The molecule has 10 heteroatoms. The first kappa shape index (κ1) is 22.8. The number of benzene rings is 2. The zero-order chi connectivity index (χ0) is 24.4. The molecule has 4 aromatic rings. The van der Waals surface area contributed by atoms with Gasteiger partial charge in [-0.05, 0) is 35.9 Å². The van der Waals surface area contributed by atoms with Crippen molar-refractivity contribution >= 4 is 22.6 Å². The van der Waals surface area contributed by atoms with Gasteiger partial charge < -0.3 is 10.1 Å². The monoisotopic (exact) mass is 466 g/mol. The van der Waals surface area contributed by atoms with E-state index in [1.165, 1.54) is 42.9 Å². The first-order chi connectivity index (χ1) is 16.2. The van der Waals surface area contributed by atoms with Crippen LogP contribution in [0.15, 0.2) is 70.3 Å². The molecule has 0 fully saturated rings. The number of carbonyl (C=O) groups is 1. The average molecular weight is 466 g/mol. The Morgan fingerprint density at radius 3 is 2.47 bits per heavy atom. The van der Waals surface area contributed by atoms with E-state index in [9.17, 15) is 23.2 Å². The van der Waals surface area contributed by atoms with Crippen molar-refractivity contribution in [3.05, 3.63) is 98.3 Å². The van der Waals surface area contributed by atoms with E-state index in [4.69, 9.17) is 0 Å². The van der Waals surface area contributed by atoms with E-state index in [0.29, 0.717) is 17.7 Å². The molecule has 1 amide bonds. The molecule has 0 unspecified atom stereocenters. The Hall–Kier alpha value is -4.34. The van der Waals surface area contributed by atoms with Crippen LogP contribution in [0.5, 0.6) is 5.75 Å². The Morgan fingerprint density at radius 1 is 1.03 bits per heavy atom. The summed E-state index contributed by atoms with van der Waals surface area (Å²) in [5.41, 5.74) is 0.655. The van der Waals surface area contributed by atoms with Crippen molar-refractivity contribution in [2.45, 2.75) is 13.0 Å². The van der Waals surface area contributed by atoms with Crippen molar-refractivity contribution < 1.29 is 18.3 Å². The number of aryl methyl sites for hydroxylation is 1. The molecule has 2 aromatic carbocycles. The van der Waals surface area contributed by atoms with E-state index < -0.39 is 23.8 Å². The van der Waals surface area contributed by atoms with Crippen LogP contribution >= 0.6 is 0 Å². The molecule has 8 nitrogen and oxygen atoms in total. The molecular weight excluding hydrogens is 446 g/mol. The first-order valence-corrected chi connectivity index (χ1v) is 10.2. The van der Waals surface area contributed by atoms with Crippen molar-refractivity contribution in [2.24, 2.45) is 14.1 Å². The van der Waals surface area contributed by atoms with Crippen molar-refractivity contribution in [1.82, 2.24) is 14.1 Å². The van der Waals surface area contributed by atoms with Crippen molar-refractivity contribution in [3.8, 4) is 5.75 Å². The highest BCUT2D eigenvalue weighted by Gasteiger charge is 2.16. The molecule has 2 aromatic heterocycles. The topological polar surface area (TPSA) is 95.2 Å². The first-order valence-electron chi connectivity index (χ1n) is 10.2. The number of nitrogens with zero attached hydrogens (tertiary/aromatic N) is 3. The van der Waals surface area contributed by atoms with Crippen molar-refractivity contribution in [2.75, 3.05) is 5.32 Å². The normalized spacial score (nSPS) is 11.1. The maximum absolute atomic E-state index is 12.9. The highest BCUT2D eigenvalue weighted by molar-refractivity contribution is 6.03. The lowest BCUT2D eigenvalue weighted by molar-refractivity contribution is -0.0503. The minimum Gasteiger partial charge on any atom is -0.435 e. The van der Waals surface area contributed by atoms with Gasteiger partial charge in [0.2, 0.25) is 0 Å². The molecule has 0 radical (unpaired) electrons. The summed E-state index contributed by atoms with van der Waals surface area (Å²) in [6.45, 7) is -2.99. The Morgan fingerprint density at radius 2 is 1.76 bits per heavy atom. The highest BCUT2D eigenvalue weighted by atomic mass is 19.3. The molecule has 34 heavy (non-hydrogen) atoms. The SMILES string of the molecule is Cn1c(=O)c2ccc(C(=O)Nc3ccc(OC(F)F)c(Cc4ccccc4)c3)nc2n(C)c1=O. The Bertz CT molecular complexity index is 1500. The summed E-state index contributed by atoms with van der Waals surface area (Å²) in [4.78, 5) is 41.5. The number of fused-ring (bicyclic) bond motifs is 1. The van der Waals surface area contributed by atoms with E-state index in [1.54, 1.807) is 6.07 Å². The summed E-state index contributed by atoms with van der Waals surface area (Å²) in [6, 6.07) is 16.4. The number of ether oxygens (including phenoxy) is 1. The summed E-state index contributed by atoms with van der Waals surface area (Å²) in [5, 5.41) is 2.87. The third kappa shape index (κ3) is 4.56. The molecular formula is C24H20F2N4O4. The maximum atomic E-state index is 12.9. The van der Waals surface area contributed by atoms with Crippen molar-refractivity contribution in [3.63, 3.8) is 0 Å². The fraction of sp³-hybridized carbons (Fsp3) is 0.167. The molecule has 4 rings (SSSR count). The summed E-state index contributed by atoms with van der Waals surface area (Å²) in [7, 11) is 2.82. The molecule has 0 atom stereocenters. The number of anilines is 1. The van der Waals surface area contributed by atoms with Gasteiger partial charge in [-0.25, -0.2) is 9.78 Å². The minimum atomic E-state index is -2.99. The molecule has 2 heterocycles. The number of carbonyl (C=O) groups excluding carboxylic acids is 1. The highest BCUT2D eigenvalue weighted by Crippen LogP contribution is 2.27. The Balaban J connectivity index is 1.66. The molecule has 1 N–H and O–H groups in total. The van der Waals surface area contributed by atoms with Gasteiger partial charge in [-0.1, -0.05) is 30.3 Å². The number of amides is 1. The maximum Gasteiger partial charge on any atom is 0.387 e. The predicted octanol–water partition coefficient (Wildman–Crippen LogP) is 3.08. The third-order valence-corrected chi connectivity index (χ3v) is 5.31. The van der Waals surface area contributed by atoms with Crippen LogP contribution in [-0.4, -0.2) is 26.6 Å². The van der Waals surface area contributed by atoms with Crippen molar-refractivity contribution in [1.29, 1.82) is 0 Å². The van der Waals surface area contributed by atoms with E-state index in [1.807, 2.05) is 30.3 Å². The number of hydrogen-bond acceptors (Lipinski definition) is 5. The summed E-state index contributed by atoms with van der Waals surface area (Å²) in [6.07, 6.45) is 0.312. The number of aromatic nitrogens is 3. The van der Waals surface area contributed by atoms with Crippen LogP contribution in [0.1, 0.15) is 21.6 Å². The van der Waals surface area contributed by atoms with Crippen LogP contribution in [0.4, 0.5) is 14.5 Å². The fourth-order valence-corrected chi connectivity index (χ4v) is 3.60. The van der Waals surface area contributed by atoms with Gasteiger partial charge in [0, 0.05) is 31.8 Å². The summed E-state index contributed by atoms with van der Waals surface area (Å²) < 4.78 is 32.5. The van der Waals surface area contributed by atoms with Gasteiger partial charge in [0.1, 0.15) is 17.1 Å². The summed E-state index contributed by atoms with van der Waals surface area (Å²) >= 11 is 0. The van der Waals surface area contributed by atoms with Crippen LogP contribution in [0, 0.1) is 0 Å². The van der Waals surface area contributed by atoms with Gasteiger partial charge in [0.15, 0.2) is 0 Å². The zero-order valence-corrected chi connectivity index (χ0v) is 18.3. The number of nitrogens with one attached hydrogen (secondary N) is 1. The second-order valence-corrected chi connectivity index (χ2v) is 7.59. The standard InChI is InChI=1S/C24H20F2N4O4/c1-29-20-17(22(32)30(2)24(29)33)9-10-18(28-20)21(31)27-16-8-11-19(34-23(25)26)15(13-16)12-14-6-4-3-5-7-14/h3-11,13,23H,12H2,1-2H3,(H,27,31). The molecule has 0 bridgehead atoms. The fourth-order valence-electron chi connectivity index (χ4n) is 3.60. The number of alkyl halides is 2. The molecule has 0 aliphatic carbocycles. The van der Waals surface area contributed by atoms with Crippen LogP contribution in [-0.2, 0) is 20.5 Å². The number of pyridine rings is 1.